The standard InChI is InChI=1S/C36H34F3N3O3/c1-19(2)14-28-31(34(40)43)30(32-33(41-28)36(3,42-35(32)44)17-20-4-9-24(37)10-5-20)23-7-11-25-22(16-23)8-13-29(25)45-18-21-6-12-26(38)27(39)15-21/h4-7,9-12,15-16,19,29H,8,13-14,17-18H2,1-3H3,(H2,40,43)(H,42,44)/t29?,36-/m0/s1. The molecule has 1 aliphatic heterocycles. The Kier molecular flexibility index (Phi) is 7.99. The first kappa shape index (κ1) is 30.5. The summed E-state index contributed by atoms with van der Waals surface area (Å²) in [5, 5.41) is 3.10. The van der Waals surface area contributed by atoms with Crippen molar-refractivity contribution in [3.63, 3.8) is 0 Å². The number of aryl methyl sites for hydroxylation is 1. The van der Waals surface area contributed by atoms with Gasteiger partial charge in [0.1, 0.15) is 5.82 Å². The molecule has 1 unspecified atom stereocenters. The Bertz CT molecular complexity index is 1820. The lowest BCUT2D eigenvalue weighted by Crippen LogP contribution is -2.39. The van der Waals surface area contributed by atoms with Gasteiger partial charge in [-0.25, -0.2) is 13.2 Å². The number of nitrogens with two attached hydrogens (primary N) is 1. The molecule has 6 rings (SSSR count). The Labute approximate surface area is 259 Å². The van der Waals surface area contributed by atoms with Gasteiger partial charge in [0.05, 0.1) is 40.8 Å². The smallest absolute Gasteiger partial charge is 0.254 e. The molecule has 1 aliphatic carbocycles. The van der Waals surface area contributed by atoms with Gasteiger partial charge in [-0.15, -0.1) is 0 Å². The number of benzene rings is 3. The first-order valence-corrected chi connectivity index (χ1v) is 15.1. The summed E-state index contributed by atoms with van der Waals surface area (Å²) in [5.74, 6) is -3.04. The van der Waals surface area contributed by atoms with Gasteiger partial charge in [-0.3, -0.25) is 14.6 Å². The van der Waals surface area contributed by atoms with Crippen LogP contribution in [0.2, 0.25) is 0 Å². The molecule has 1 aromatic heterocycles. The summed E-state index contributed by atoms with van der Waals surface area (Å²) in [7, 11) is 0. The number of pyridine rings is 1. The molecular formula is C36H34F3N3O3. The summed E-state index contributed by atoms with van der Waals surface area (Å²) in [6.07, 6.45) is 1.98. The third kappa shape index (κ3) is 5.84. The fourth-order valence-corrected chi connectivity index (χ4v) is 6.59. The van der Waals surface area contributed by atoms with Gasteiger partial charge in [0.25, 0.3) is 11.8 Å². The predicted octanol–water partition coefficient (Wildman–Crippen LogP) is 6.87. The molecule has 2 aliphatic rings. The second-order valence-corrected chi connectivity index (χ2v) is 12.6. The maximum Gasteiger partial charge on any atom is 0.254 e. The molecule has 232 valence electrons. The van der Waals surface area contributed by atoms with E-state index in [4.69, 9.17) is 15.5 Å². The van der Waals surface area contributed by atoms with Crippen LogP contribution in [-0.4, -0.2) is 16.8 Å². The molecule has 2 heterocycles. The fraction of sp³-hybridized carbons (Fsp3) is 0.306. The van der Waals surface area contributed by atoms with E-state index in [2.05, 4.69) is 5.32 Å². The molecule has 0 fully saturated rings. The van der Waals surface area contributed by atoms with Crippen LogP contribution in [0, 0.1) is 23.4 Å². The summed E-state index contributed by atoms with van der Waals surface area (Å²) in [6, 6.07) is 15.6. The third-order valence-electron chi connectivity index (χ3n) is 8.62. The van der Waals surface area contributed by atoms with Crippen molar-refractivity contribution in [1.82, 2.24) is 10.3 Å². The van der Waals surface area contributed by atoms with Crippen LogP contribution in [0.4, 0.5) is 13.2 Å². The minimum atomic E-state index is -0.919. The highest BCUT2D eigenvalue weighted by molar-refractivity contribution is 6.12. The molecule has 2 amide bonds. The Morgan fingerprint density at radius 3 is 2.44 bits per heavy atom. The summed E-state index contributed by atoms with van der Waals surface area (Å²) >= 11 is 0. The van der Waals surface area contributed by atoms with Gasteiger partial charge in [-0.05, 0) is 84.2 Å². The number of amides is 2. The molecule has 2 atom stereocenters. The van der Waals surface area contributed by atoms with Gasteiger partial charge in [0, 0.05) is 12.0 Å². The number of halogens is 3. The number of rotatable bonds is 9. The summed E-state index contributed by atoms with van der Waals surface area (Å²) in [5.41, 5.74) is 11.1. The minimum Gasteiger partial charge on any atom is -0.369 e. The number of hydrogen-bond acceptors (Lipinski definition) is 4. The van der Waals surface area contributed by atoms with E-state index in [1.165, 1.54) is 18.2 Å². The van der Waals surface area contributed by atoms with Crippen molar-refractivity contribution in [3.8, 4) is 11.1 Å². The highest BCUT2D eigenvalue weighted by Gasteiger charge is 2.44. The SMILES string of the molecule is CC(C)Cc1nc2c(c(-c3ccc4c(c3)CCC4OCc3ccc(F)c(F)c3)c1C(N)=O)C(=O)N[C@@]2(C)Cc1ccc(F)cc1. The number of carbonyl (C=O) groups excluding carboxylic acids is 2. The van der Waals surface area contributed by atoms with Crippen molar-refractivity contribution in [2.24, 2.45) is 11.7 Å². The average molecular weight is 614 g/mol. The van der Waals surface area contributed by atoms with Gasteiger partial charge < -0.3 is 15.8 Å². The number of nitrogens with zero attached hydrogens (tertiary/aromatic N) is 1. The van der Waals surface area contributed by atoms with Gasteiger partial charge >= 0.3 is 0 Å². The number of primary amides is 1. The van der Waals surface area contributed by atoms with Crippen LogP contribution in [0.1, 0.15) is 87.7 Å². The van der Waals surface area contributed by atoms with E-state index < -0.39 is 23.1 Å². The minimum absolute atomic E-state index is 0.123. The summed E-state index contributed by atoms with van der Waals surface area (Å²) < 4.78 is 46.8. The molecule has 3 N–H and O–H groups in total. The molecule has 0 saturated carbocycles. The molecule has 4 aromatic rings. The van der Waals surface area contributed by atoms with Crippen LogP contribution in [0.3, 0.4) is 0 Å². The van der Waals surface area contributed by atoms with E-state index in [-0.39, 0.29) is 35.9 Å². The van der Waals surface area contributed by atoms with Crippen molar-refractivity contribution in [3.05, 3.63) is 123 Å². The monoisotopic (exact) mass is 613 g/mol. The Morgan fingerprint density at radius 2 is 1.76 bits per heavy atom. The lowest BCUT2D eigenvalue weighted by molar-refractivity contribution is 0.0409. The van der Waals surface area contributed by atoms with E-state index in [0.717, 1.165) is 28.8 Å². The zero-order valence-corrected chi connectivity index (χ0v) is 25.3. The molecule has 45 heavy (non-hydrogen) atoms. The zero-order chi connectivity index (χ0) is 32.0. The van der Waals surface area contributed by atoms with E-state index in [1.807, 2.05) is 39.0 Å². The Hall–Kier alpha value is -4.50. The van der Waals surface area contributed by atoms with Gasteiger partial charge in [0.2, 0.25) is 0 Å². The van der Waals surface area contributed by atoms with Gasteiger partial charge in [0.15, 0.2) is 11.6 Å². The second-order valence-electron chi connectivity index (χ2n) is 12.6. The fourth-order valence-electron chi connectivity index (χ4n) is 6.59. The molecule has 0 spiro atoms. The molecule has 6 nitrogen and oxygen atoms in total. The van der Waals surface area contributed by atoms with Crippen molar-refractivity contribution in [1.29, 1.82) is 0 Å². The maximum absolute atomic E-state index is 13.7. The normalized spacial score (nSPS) is 18.6. The molecule has 3 aromatic carbocycles. The number of ether oxygens (including phenoxy) is 1. The van der Waals surface area contributed by atoms with Crippen molar-refractivity contribution < 1.29 is 27.5 Å². The van der Waals surface area contributed by atoms with Crippen molar-refractivity contribution in [2.75, 3.05) is 0 Å². The van der Waals surface area contributed by atoms with Crippen molar-refractivity contribution in [2.45, 2.75) is 64.7 Å². The Balaban J connectivity index is 1.41. The quantitative estimate of drug-likeness (QED) is 0.216. The van der Waals surface area contributed by atoms with Crippen LogP contribution < -0.4 is 11.1 Å². The molecule has 0 bridgehead atoms. The lowest BCUT2D eigenvalue weighted by atomic mass is 9.84. The van der Waals surface area contributed by atoms with Crippen LogP contribution in [0.5, 0.6) is 0 Å². The number of hydrogen-bond donors (Lipinski definition) is 2. The van der Waals surface area contributed by atoms with Crippen LogP contribution >= 0.6 is 0 Å². The first-order valence-electron chi connectivity index (χ1n) is 15.1. The van der Waals surface area contributed by atoms with Crippen LogP contribution in [-0.2, 0) is 36.1 Å². The largest absolute Gasteiger partial charge is 0.369 e. The highest BCUT2D eigenvalue weighted by atomic mass is 19.2. The zero-order valence-electron chi connectivity index (χ0n) is 25.3. The first-order chi connectivity index (χ1) is 21.4. The van der Waals surface area contributed by atoms with Gasteiger partial charge in [-0.2, -0.15) is 0 Å². The number of nitrogens with one attached hydrogen (secondary N) is 1. The van der Waals surface area contributed by atoms with E-state index in [1.54, 1.807) is 12.1 Å². The number of aromatic nitrogens is 1. The second kappa shape index (κ2) is 11.8. The maximum atomic E-state index is 13.7. The third-order valence-corrected chi connectivity index (χ3v) is 8.62. The summed E-state index contributed by atoms with van der Waals surface area (Å²) in [4.78, 5) is 31.8. The average Bonchev–Trinajstić information content (AvgIpc) is 3.50. The Morgan fingerprint density at radius 1 is 1.02 bits per heavy atom. The topological polar surface area (TPSA) is 94.3 Å². The predicted molar refractivity (Wildman–Crippen MR) is 164 cm³/mol. The van der Waals surface area contributed by atoms with Gasteiger partial charge in [-0.1, -0.05) is 50.2 Å². The number of fused-ring (bicyclic) bond motifs is 2. The molecule has 0 radical (unpaired) electrons. The summed E-state index contributed by atoms with van der Waals surface area (Å²) in [6.45, 7) is 6.06. The lowest BCUT2D eigenvalue weighted by Gasteiger charge is -2.26. The van der Waals surface area contributed by atoms with Crippen LogP contribution in [0.15, 0.2) is 60.7 Å². The molecule has 9 heteroatoms. The molecular weight excluding hydrogens is 579 g/mol. The highest BCUT2D eigenvalue weighted by Crippen LogP contribution is 2.43. The van der Waals surface area contributed by atoms with E-state index in [9.17, 15) is 22.8 Å². The van der Waals surface area contributed by atoms with E-state index in [0.29, 0.717) is 59.3 Å². The van der Waals surface area contributed by atoms with Crippen LogP contribution in [0.25, 0.3) is 11.1 Å². The van der Waals surface area contributed by atoms with E-state index >= 15 is 0 Å². The van der Waals surface area contributed by atoms with Crippen molar-refractivity contribution >= 4 is 11.8 Å². The molecule has 0 saturated heterocycles. The number of carbonyl (C=O) groups is 2.